The number of amides is 2. The Balaban J connectivity index is 2.03. The molecule has 120 valence electrons. The average molecular weight is 332 g/mol. The van der Waals surface area contributed by atoms with Gasteiger partial charge in [0.05, 0.1) is 36.8 Å². The fourth-order valence-electron chi connectivity index (χ4n) is 2.42. The molecule has 0 aromatic carbocycles. The molecule has 3 rings (SSSR count). The summed E-state index contributed by atoms with van der Waals surface area (Å²) < 4.78 is 6.97. The Labute approximate surface area is 137 Å². The lowest BCUT2D eigenvalue weighted by atomic mass is 10.0. The van der Waals surface area contributed by atoms with Crippen LogP contribution >= 0.6 is 11.3 Å². The van der Waals surface area contributed by atoms with Crippen LogP contribution in [0.3, 0.4) is 0 Å². The molecule has 1 aliphatic rings. The first-order valence-electron chi connectivity index (χ1n) is 7.16. The lowest BCUT2D eigenvalue weighted by molar-refractivity contribution is -0.139. The Hall–Kier alpha value is -2.61. The van der Waals surface area contributed by atoms with Crippen LogP contribution in [0.25, 0.3) is 0 Å². The van der Waals surface area contributed by atoms with Gasteiger partial charge in [0, 0.05) is 17.3 Å². The smallest absolute Gasteiger partial charge is 0.338 e. The van der Waals surface area contributed by atoms with Gasteiger partial charge in [-0.25, -0.2) is 14.6 Å². The van der Waals surface area contributed by atoms with Gasteiger partial charge in [0.15, 0.2) is 0 Å². The number of nitrogens with one attached hydrogen (secondary N) is 2. The van der Waals surface area contributed by atoms with Gasteiger partial charge in [0.1, 0.15) is 0 Å². The summed E-state index contributed by atoms with van der Waals surface area (Å²) in [6, 6.07) is 2.91. The van der Waals surface area contributed by atoms with Crippen molar-refractivity contribution in [2.24, 2.45) is 0 Å². The molecule has 3 heterocycles. The van der Waals surface area contributed by atoms with Crippen LogP contribution < -0.4 is 10.6 Å². The van der Waals surface area contributed by atoms with Crippen LogP contribution in [-0.4, -0.2) is 28.2 Å². The second kappa shape index (κ2) is 6.66. The van der Waals surface area contributed by atoms with Crippen LogP contribution in [-0.2, 0) is 16.1 Å². The summed E-state index contributed by atoms with van der Waals surface area (Å²) in [5.74, 6) is -0.437. The summed E-state index contributed by atoms with van der Waals surface area (Å²) >= 11 is 1.48. The fraction of sp³-hybridized carbons (Fsp3) is 0.267. The Bertz CT molecular complexity index is 722. The van der Waals surface area contributed by atoms with Gasteiger partial charge >= 0.3 is 12.0 Å². The largest absolute Gasteiger partial charge is 0.463 e. The minimum atomic E-state index is -0.513. The maximum absolute atomic E-state index is 12.5. The Kier molecular flexibility index (Phi) is 4.42. The average Bonchev–Trinajstić information content (AvgIpc) is 3.20. The van der Waals surface area contributed by atoms with Crippen LogP contribution in [0.4, 0.5) is 4.79 Å². The SMILES string of the molecule is CCOC(=O)C1=C(Cn2ccnc2)NC(=O)NC1c1cccs1. The van der Waals surface area contributed by atoms with Gasteiger partial charge in [-0.2, -0.15) is 0 Å². The monoisotopic (exact) mass is 332 g/mol. The van der Waals surface area contributed by atoms with E-state index in [2.05, 4.69) is 15.6 Å². The summed E-state index contributed by atoms with van der Waals surface area (Å²) in [5, 5.41) is 7.42. The molecule has 1 unspecified atom stereocenters. The second-order valence-electron chi connectivity index (χ2n) is 4.89. The number of imidazole rings is 1. The molecule has 2 aromatic heterocycles. The molecule has 23 heavy (non-hydrogen) atoms. The van der Waals surface area contributed by atoms with Crippen molar-refractivity contribution in [3.8, 4) is 0 Å². The Morgan fingerprint density at radius 3 is 3.04 bits per heavy atom. The second-order valence-corrected chi connectivity index (χ2v) is 5.87. The van der Waals surface area contributed by atoms with Crippen molar-refractivity contribution in [2.75, 3.05) is 6.61 Å². The fourth-order valence-corrected chi connectivity index (χ4v) is 3.21. The van der Waals surface area contributed by atoms with Gasteiger partial charge < -0.3 is 19.9 Å². The van der Waals surface area contributed by atoms with E-state index in [-0.39, 0.29) is 12.6 Å². The number of hydrogen-bond donors (Lipinski definition) is 2. The summed E-state index contributed by atoms with van der Waals surface area (Å²) in [5.41, 5.74) is 0.936. The standard InChI is InChI=1S/C15H16N4O3S/c1-2-22-14(20)12-10(8-19-6-5-16-9-19)17-15(21)18-13(12)11-4-3-7-23-11/h3-7,9,13H,2,8H2,1H3,(H2,17,18,21). The van der Waals surface area contributed by atoms with E-state index in [1.807, 2.05) is 17.5 Å². The molecule has 0 fully saturated rings. The van der Waals surface area contributed by atoms with Gasteiger partial charge in [-0.3, -0.25) is 0 Å². The molecule has 1 aliphatic heterocycles. The number of carbonyl (C=O) groups is 2. The minimum absolute atomic E-state index is 0.270. The summed E-state index contributed by atoms with van der Waals surface area (Å²) in [6.07, 6.45) is 5.04. The highest BCUT2D eigenvalue weighted by Crippen LogP contribution is 2.31. The molecular formula is C15H16N4O3S. The Morgan fingerprint density at radius 1 is 1.52 bits per heavy atom. The molecule has 7 nitrogen and oxygen atoms in total. The van der Waals surface area contributed by atoms with E-state index >= 15 is 0 Å². The molecule has 0 saturated carbocycles. The number of rotatable bonds is 5. The zero-order valence-corrected chi connectivity index (χ0v) is 13.3. The van der Waals surface area contributed by atoms with E-state index < -0.39 is 12.0 Å². The van der Waals surface area contributed by atoms with E-state index in [1.165, 1.54) is 11.3 Å². The highest BCUT2D eigenvalue weighted by molar-refractivity contribution is 7.10. The third-order valence-corrected chi connectivity index (χ3v) is 4.31. The number of ether oxygens (including phenoxy) is 1. The summed E-state index contributed by atoms with van der Waals surface area (Å²) in [6.45, 7) is 2.36. The zero-order chi connectivity index (χ0) is 16.2. The molecule has 0 aliphatic carbocycles. The molecular weight excluding hydrogens is 316 g/mol. The van der Waals surface area contributed by atoms with Gasteiger partial charge in [-0.05, 0) is 18.4 Å². The number of allylic oxidation sites excluding steroid dienone is 1. The van der Waals surface area contributed by atoms with Gasteiger partial charge in [0.2, 0.25) is 0 Å². The molecule has 0 bridgehead atoms. The van der Waals surface area contributed by atoms with Gasteiger partial charge in [-0.1, -0.05) is 6.07 Å². The predicted molar refractivity (Wildman–Crippen MR) is 84.6 cm³/mol. The van der Waals surface area contributed by atoms with Crippen molar-refractivity contribution in [1.82, 2.24) is 20.2 Å². The molecule has 2 N–H and O–H groups in total. The molecule has 2 amide bonds. The number of carbonyl (C=O) groups excluding carboxylic acids is 2. The van der Waals surface area contributed by atoms with Crippen LogP contribution in [0.5, 0.6) is 0 Å². The topological polar surface area (TPSA) is 85.2 Å². The number of urea groups is 1. The van der Waals surface area contributed by atoms with E-state index in [4.69, 9.17) is 4.74 Å². The third kappa shape index (κ3) is 3.26. The van der Waals surface area contributed by atoms with Gasteiger partial charge in [0.25, 0.3) is 0 Å². The number of hydrogen-bond acceptors (Lipinski definition) is 5. The van der Waals surface area contributed by atoms with Crippen LogP contribution in [0.2, 0.25) is 0 Å². The first-order valence-corrected chi connectivity index (χ1v) is 8.03. The Morgan fingerprint density at radius 2 is 2.39 bits per heavy atom. The highest BCUT2D eigenvalue weighted by atomic mass is 32.1. The van der Waals surface area contributed by atoms with E-state index in [9.17, 15) is 9.59 Å². The lowest BCUT2D eigenvalue weighted by Gasteiger charge is -2.28. The van der Waals surface area contributed by atoms with E-state index in [1.54, 1.807) is 30.2 Å². The quantitative estimate of drug-likeness (QED) is 0.818. The van der Waals surface area contributed by atoms with Crippen molar-refractivity contribution in [3.63, 3.8) is 0 Å². The number of aromatic nitrogens is 2. The predicted octanol–water partition coefficient (Wildman–Crippen LogP) is 1.82. The summed E-state index contributed by atoms with van der Waals surface area (Å²) in [7, 11) is 0. The van der Waals surface area contributed by atoms with Crippen molar-refractivity contribution in [1.29, 1.82) is 0 Å². The van der Waals surface area contributed by atoms with Crippen molar-refractivity contribution >= 4 is 23.3 Å². The van der Waals surface area contributed by atoms with E-state index in [0.29, 0.717) is 17.8 Å². The van der Waals surface area contributed by atoms with Crippen molar-refractivity contribution < 1.29 is 14.3 Å². The zero-order valence-electron chi connectivity index (χ0n) is 12.5. The normalized spacial score (nSPS) is 17.6. The van der Waals surface area contributed by atoms with E-state index in [0.717, 1.165) is 4.88 Å². The van der Waals surface area contributed by atoms with Crippen LogP contribution in [0, 0.1) is 0 Å². The molecule has 0 saturated heterocycles. The first kappa shape index (κ1) is 15.3. The van der Waals surface area contributed by atoms with Crippen LogP contribution in [0.1, 0.15) is 17.8 Å². The number of thiophene rings is 1. The molecule has 2 aromatic rings. The van der Waals surface area contributed by atoms with Gasteiger partial charge in [-0.15, -0.1) is 11.3 Å². The minimum Gasteiger partial charge on any atom is -0.463 e. The molecule has 0 spiro atoms. The van der Waals surface area contributed by atoms with Crippen molar-refractivity contribution in [3.05, 3.63) is 52.4 Å². The summed E-state index contributed by atoms with van der Waals surface area (Å²) in [4.78, 5) is 29.3. The molecule has 0 radical (unpaired) electrons. The van der Waals surface area contributed by atoms with Crippen molar-refractivity contribution in [2.45, 2.75) is 19.5 Å². The molecule has 8 heteroatoms. The third-order valence-electron chi connectivity index (χ3n) is 3.38. The van der Waals surface area contributed by atoms with Crippen LogP contribution in [0.15, 0.2) is 47.5 Å². The first-order chi connectivity index (χ1) is 11.2. The highest BCUT2D eigenvalue weighted by Gasteiger charge is 2.34. The lowest BCUT2D eigenvalue weighted by Crippen LogP contribution is -2.46. The maximum atomic E-state index is 12.5. The number of esters is 1. The maximum Gasteiger partial charge on any atom is 0.338 e. The number of nitrogens with zero attached hydrogens (tertiary/aromatic N) is 2. The molecule has 1 atom stereocenters.